The summed E-state index contributed by atoms with van der Waals surface area (Å²) in [5.41, 5.74) is -2.36. The van der Waals surface area contributed by atoms with Crippen molar-refractivity contribution in [2.24, 2.45) is 0 Å². The minimum Gasteiger partial charge on any atom is -0.467 e. The zero-order valence-corrected chi connectivity index (χ0v) is 17.2. The fourth-order valence-electron chi connectivity index (χ4n) is 2.09. The van der Waals surface area contributed by atoms with Crippen molar-refractivity contribution in [1.82, 2.24) is 0 Å². The van der Waals surface area contributed by atoms with Crippen LogP contribution in [0, 0.1) is 0 Å². The molecule has 0 spiro atoms. The first-order valence-corrected chi connectivity index (χ1v) is 8.88. The summed E-state index contributed by atoms with van der Waals surface area (Å²) in [5.74, 6) is -1.83. The maximum atomic E-state index is 13.6. The lowest BCUT2D eigenvalue weighted by Crippen LogP contribution is -2.26. The van der Waals surface area contributed by atoms with Crippen LogP contribution < -0.4 is 9.47 Å². The lowest BCUT2D eigenvalue weighted by Gasteiger charge is -2.25. The standard InChI is InChI=1S/C17H22BrF3O6/c1-16(2,3)27-15(22)13-10(7-18)12(25-8-23-4)6-11(17(19,20)21)14(13)26-9-24-5/h6H,7-9H2,1-5H3. The number of benzene rings is 1. The number of hydrogen-bond donors (Lipinski definition) is 0. The Hall–Kier alpha value is -1.52. The van der Waals surface area contributed by atoms with Crippen LogP contribution in [0.1, 0.15) is 42.3 Å². The molecule has 0 fully saturated rings. The molecule has 27 heavy (non-hydrogen) atoms. The molecule has 154 valence electrons. The van der Waals surface area contributed by atoms with Gasteiger partial charge in [-0.15, -0.1) is 0 Å². The SMILES string of the molecule is COCOc1cc(C(F)(F)F)c(OCOC)c(C(=O)OC(C)(C)C)c1CBr. The van der Waals surface area contributed by atoms with Gasteiger partial charge >= 0.3 is 12.1 Å². The molecule has 0 saturated heterocycles. The van der Waals surface area contributed by atoms with Crippen LogP contribution in [0.15, 0.2) is 6.07 Å². The summed E-state index contributed by atoms with van der Waals surface area (Å²) >= 11 is 3.18. The number of carbonyl (C=O) groups is 1. The highest BCUT2D eigenvalue weighted by Crippen LogP contribution is 2.44. The molecule has 0 radical (unpaired) electrons. The Morgan fingerprint density at radius 3 is 2.07 bits per heavy atom. The molecule has 0 aromatic heterocycles. The molecule has 0 amide bonds. The third-order valence-corrected chi connectivity index (χ3v) is 3.60. The topological polar surface area (TPSA) is 63.2 Å². The maximum Gasteiger partial charge on any atom is 0.420 e. The zero-order chi connectivity index (χ0) is 20.8. The molecule has 10 heteroatoms. The highest BCUT2D eigenvalue weighted by Gasteiger charge is 2.40. The monoisotopic (exact) mass is 458 g/mol. The van der Waals surface area contributed by atoms with Crippen LogP contribution in [0.5, 0.6) is 11.5 Å². The Morgan fingerprint density at radius 1 is 1.07 bits per heavy atom. The van der Waals surface area contributed by atoms with Gasteiger partial charge in [-0.2, -0.15) is 13.2 Å². The molecule has 1 aromatic carbocycles. The van der Waals surface area contributed by atoms with E-state index in [2.05, 4.69) is 15.9 Å². The Labute approximate surface area is 164 Å². The molecule has 0 aliphatic heterocycles. The summed E-state index contributed by atoms with van der Waals surface area (Å²) < 4.78 is 66.0. The number of alkyl halides is 4. The summed E-state index contributed by atoms with van der Waals surface area (Å²) in [7, 11) is 2.57. The minimum atomic E-state index is -4.81. The lowest BCUT2D eigenvalue weighted by molar-refractivity contribution is -0.139. The first-order valence-electron chi connectivity index (χ1n) is 7.76. The highest BCUT2D eigenvalue weighted by molar-refractivity contribution is 9.08. The Bertz CT molecular complexity index is 656. The van der Waals surface area contributed by atoms with E-state index >= 15 is 0 Å². The fourth-order valence-corrected chi connectivity index (χ4v) is 2.64. The van der Waals surface area contributed by atoms with Gasteiger partial charge in [0.25, 0.3) is 0 Å². The third kappa shape index (κ3) is 6.54. The van der Waals surface area contributed by atoms with E-state index in [1.165, 1.54) is 14.2 Å². The summed E-state index contributed by atoms with van der Waals surface area (Å²) in [5, 5.41) is 0.0160. The molecule has 6 nitrogen and oxygen atoms in total. The Kier molecular flexibility index (Phi) is 8.37. The van der Waals surface area contributed by atoms with E-state index in [9.17, 15) is 18.0 Å². The molecular formula is C17H22BrF3O6. The van der Waals surface area contributed by atoms with Gasteiger partial charge in [0.15, 0.2) is 13.6 Å². The van der Waals surface area contributed by atoms with Gasteiger partial charge in [0, 0.05) is 25.1 Å². The number of carbonyl (C=O) groups excluding carboxylic acids is 1. The predicted molar refractivity (Wildman–Crippen MR) is 94.3 cm³/mol. The quantitative estimate of drug-likeness (QED) is 0.324. The summed E-state index contributed by atoms with van der Waals surface area (Å²) in [6, 6.07) is 0.758. The van der Waals surface area contributed by atoms with E-state index in [0.29, 0.717) is 0 Å². The third-order valence-electron chi connectivity index (χ3n) is 3.04. The van der Waals surface area contributed by atoms with Crippen LogP contribution in [0.3, 0.4) is 0 Å². The first-order chi connectivity index (χ1) is 12.5. The van der Waals surface area contributed by atoms with Crippen molar-refractivity contribution >= 4 is 21.9 Å². The highest BCUT2D eigenvalue weighted by atomic mass is 79.9. The predicted octanol–water partition coefficient (Wildman–Crippen LogP) is 4.52. The maximum absolute atomic E-state index is 13.6. The average molecular weight is 459 g/mol. The second-order valence-electron chi connectivity index (χ2n) is 6.34. The minimum absolute atomic E-state index is 0.0160. The lowest BCUT2D eigenvalue weighted by atomic mass is 10.0. The van der Waals surface area contributed by atoms with Gasteiger partial charge in [0.1, 0.15) is 28.2 Å². The molecule has 0 atom stereocenters. The van der Waals surface area contributed by atoms with E-state index < -0.39 is 35.9 Å². The molecule has 1 rings (SSSR count). The van der Waals surface area contributed by atoms with Crippen LogP contribution >= 0.6 is 15.9 Å². The Balaban J connectivity index is 3.74. The largest absolute Gasteiger partial charge is 0.467 e. The van der Waals surface area contributed by atoms with Gasteiger partial charge in [-0.25, -0.2) is 4.79 Å². The summed E-state index contributed by atoms with van der Waals surface area (Å²) in [4.78, 5) is 12.7. The number of methoxy groups -OCH3 is 2. The average Bonchev–Trinajstić information content (AvgIpc) is 2.54. The number of esters is 1. The fraction of sp³-hybridized carbons (Fsp3) is 0.588. The zero-order valence-electron chi connectivity index (χ0n) is 15.7. The van der Waals surface area contributed by atoms with E-state index in [1.54, 1.807) is 20.8 Å². The normalized spacial score (nSPS) is 12.0. The molecule has 0 unspecified atom stereocenters. The van der Waals surface area contributed by atoms with Gasteiger partial charge in [0.2, 0.25) is 0 Å². The van der Waals surface area contributed by atoms with Crippen LogP contribution in [-0.2, 0) is 25.7 Å². The number of halogens is 4. The molecule has 0 aliphatic carbocycles. The van der Waals surface area contributed by atoms with Gasteiger partial charge in [-0.3, -0.25) is 0 Å². The number of hydrogen-bond acceptors (Lipinski definition) is 6. The molecule has 0 bridgehead atoms. The second kappa shape index (κ2) is 9.61. The van der Waals surface area contributed by atoms with Crippen molar-refractivity contribution in [3.05, 3.63) is 22.8 Å². The Morgan fingerprint density at radius 2 is 1.63 bits per heavy atom. The van der Waals surface area contributed by atoms with Gasteiger partial charge in [0.05, 0.1) is 0 Å². The van der Waals surface area contributed by atoms with E-state index in [-0.39, 0.29) is 29.0 Å². The van der Waals surface area contributed by atoms with Gasteiger partial charge in [-0.05, 0) is 26.8 Å². The molecule has 0 heterocycles. The van der Waals surface area contributed by atoms with Crippen molar-refractivity contribution in [3.8, 4) is 11.5 Å². The van der Waals surface area contributed by atoms with E-state index in [4.69, 9.17) is 23.7 Å². The molecule has 0 aliphatic rings. The van der Waals surface area contributed by atoms with Crippen molar-refractivity contribution in [1.29, 1.82) is 0 Å². The smallest absolute Gasteiger partial charge is 0.420 e. The first kappa shape index (κ1) is 23.5. The summed E-state index contributed by atoms with van der Waals surface area (Å²) in [6.07, 6.45) is -4.81. The van der Waals surface area contributed by atoms with Crippen LogP contribution in [0.4, 0.5) is 13.2 Å². The van der Waals surface area contributed by atoms with Crippen molar-refractivity contribution in [2.75, 3.05) is 27.8 Å². The van der Waals surface area contributed by atoms with Crippen molar-refractivity contribution in [2.45, 2.75) is 37.9 Å². The van der Waals surface area contributed by atoms with Crippen LogP contribution in [-0.4, -0.2) is 39.4 Å². The van der Waals surface area contributed by atoms with Crippen LogP contribution in [0.25, 0.3) is 0 Å². The van der Waals surface area contributed by atoms with E-state index in [1.807, 2.05) is 0 Å². The van der Waals surface area contributed by atoms with Gasteiger partial charge in [-0.1, -0.05) is 15.9 Å². The van der Waals surface area contributed by atoms with Crippen molar-refractivity contribution in [3.63, 3.8) is 0 Å². The van der Waals surface area contributed by atoms with Crippen LogP contribution in [0.2, 0.25) is 0 Å². The molecule has 0 N–H and O–H groups in total. The number of rotatable bonds is 8. The summed E-state index contributed by atoms with van der Waals surface area (Å²) in [6.45, 7) is 4.02. The molecule has 1 aromatic rings. The number of ether oxygens (including phenoxy) is 5. The van der Waals surface area contributed by atoms with Gasteiger partial charge < -0.3 is 23.7 Å². The second-order valence-corrected chi connectivity index (χ2v) is 6.90. The molecule has 0 saturated carbocycles. The van der Waals surface area contributed by atoms with E-state index in [0.717, 1.165) is 6.07 Å². The molecular weight excluding hydrogens is 437 g/mol. The van der Waals surface area contributed by atoms with Crippen molar-refractivity contribution < 1.29 is 41.7 Å².